The van der Waals surface area contributed by atoms with Crippen molar-refractivity contribution in [2.45, 2.75) is 52.6 Å². The second-order valence-electron chi connectivity index (χ2n) is 4.85. The topological polar surface area (TPSA) is 20.2 Å². The minimum atomic E-state index is -0.0200. The predicted molar refractivity (Wildman–Crippen MR) is 52.0 cm³/mol. The Morgan fingerprint density at radius 2 is 2.00 bits per heavy atom. The van der Waals surface area contributed by atoms with Gasteiger partial charge in [-0.15, -0.1) is 0 Å². The Bertz CT molecular complexity index is 131. The van der Waals surface area contributed by atoms with Crippen LogP contribution in [0.3, 0.4) is 0 Å². The molecule has 1 saturated carbocycles. The van der Waals surface area contributed by atoms with Crippen LogP contribution in [0.1, 0.15) is 46.5 Å². The maximum Gasteiger partial charge on any atom is 0.0566 e. The van der Waals surface area contributed by atoms with Crippen LogP contribution in [0.25, 0.3) is 0 Å². The smallest absolute Gasteiger partial charge is 0.0566 e. The van der Waals surface area contributed by atoms with Crippen LogP contribution in [0.4, 0.5) is 0 Å². The molecule has 0 saturated heterocycles. The first-order valence-electron chi connectivity index (χ1n) is 5.27. The van der Waals surface area contributed by atoms with Gasteiger partial charge in [0, 0.05) is 0 Å². The van der Waals surface area contributed by atoms with Gasteiger partial charge in [-0.25, -0.2) is 0 Å². The van der Waals surface area contributed by atoms with Crippen LogP contribution in [0.2, 0.25) is 0 Å². The third kappa shape index (κ3) is 2.78. The van der Waals surface area contributed by atoms with Crippen LogP contribution in [0.5, 0.6) is 0 Å². The Morgan fingerprint density at radius 1 is 1.33 bits per heavy atom. The fraction of sp³-hybridized carbons (Fsp3) is 1.00. The molecule has 0 heterocycles. The van der Waals surface area contributed by atoms with E-state index in [-0.39, 0.29) is 6.10 Å². The van der Waals surface area contributed by atoms with Gasteiger partial charge in [0.2, 0.25) is 0 Å². The maximum absolute atomic E-state index is 9.53. The van der Waals surface area contributed by atoms with Gasteiger partial charge < -0.3 is 5.11 Å². The minimum Gasteiger partial charge on any atom is -0.393 e. The SMILES string of the molecule is CC(C)C[C@H]1CC[C@@H](O)[C@H](C)C1. The van der Waals surface area contributed by atoms with Gasteiger partial charge in [0.25, 0.3) is 0 Å². The molecule has 0 aliphatic heterocycles. The number of hydrogen-bond donors (Lipinski definition) is 1. The van der Waals surface area contributed by atoms with Crippen molar-refractivity contribution >= 4 is 0 Å². The molecule has 12 heavy (non-hydrogen) atoms. The first-order chi connectivity index (χ1) is 5.59. The highest BCUT2D eigenvalue weighted by molar-refractivity contribution is 4.77. The van der Waals surface area contributed by atoms with Crippen LogP contribution >= 0.6 is 0 Å². The van der Waals surface area contributed by atoms with Crippen LogP contribution in [0, 0.1) is 17.8 Å². The van der Waals surface area contributed by atoms with E-state index < -0.39 is 0 Å². The van der Waals surface area contributed by atoms with Crippen molar-refractivity contribution in [3.8, 4) is 0 Å². The van der Waals surface area contributed by atoms with Crippen molar-refractivity contribution in [2.75, 3.05) is 0 Å². The summed E-state index contributed by atoms with van der Waals surface area (Å²) in [6, 6.07) is 0. The first kappa shape index (κ1) is 10.0. The normalized spacial score (nSPS) is 37.2. The van der Waals surface area contributed by atoms with E-state index in [1.54, 1.807) is 0 Å². The van der Waals surface area contributed by atoms with Crippen molar-refractivity contribution < 1.29 is 5.11 Å². The van der Waals surface area contributed by atoms with Crippen LogP contribution in [-0.2, 0) is 0 Å². The number of aliphatic hydroxyl groups is 1. The second-order valence-corrected chi connectivity index (χ2v) is 4.85. The molecule has 0 bridgehead atoms. The summed E-state index contributed by atoms with van der Waals surface area (Å²) in [4.78, 5) is 0. The molecule has 1 nitrogen and oxygen atoms in total. The lowest BCUT2D eigenvalue weighted by Gasteiger charge is -2.31. The molecule has 1 aliphatic carbocycles. The molecule has 72 valence electrons. The van der Waals surface area contributed by atoms with E-state index >= 15 is 0 Å². The lowest BCUT2D eigenvalue weighted by Crippen LogP contribution is -2.27. The minimum absolute atomic E-state index is 0.0200. The molecule has 0 amide bonds. The molecular weight excluding hydrogens is 148 g/mol. The van der Waals surface area contributed by atoms with Gasteiger partial charge >= 0.3 is 0 Å². The van der Waals surface area contributed by atoms with Crippen LogP contribution in [-0.4, -0.2) is 11.2 Å². The van der Waals surface area contributed by atoms with Gasteiger partial charge in [0.1, 0.15) is 0 Å². The van der Waals surface area contributed by atoms with E-state index in [9.17, 15) is 5.11 Å². The zero-order chi connectivity index (χ0) is 9.14. The Morgan fingerprint density at radius 3 is 2.50 bits per heavy atom. The lowest BCUT2D eigenvalue weighted by atomic mass is 9.77. The molecule has 1 aliphatic rings. The highest BCUT2D eigenvalue weighted by atomic mass is 16.3. The molecule has 1 heteroatoms. The van der Waals surface area contributed by atoms with Gasteiger partial charge in [0.15, 0.2) is 0 Å². The average molecular weight is 170 g/mol. The summed E-state index contributed by atoms with van der Waals surface area (Å²) >= 11 is 0. The zero-order valence-corrected chi connectivity index (χ0v) is 8.59. The summed E-state index contributed by atoms with van der Waals surface area (Å²) in [7, 11) is 0. The number of rotatable bonds is 2. The molecule has 0 aromatic rings. The Labute approximate surface area is 76.2 Å². The van der Waals surface area contributed by atoms with Crippen molar-refractivity contribution in [3.63, 3.8) is 0 Å². The second kappa shape index (κ2) is 4.27. The molecule has 0 unspecified atom stereocenters. The molecule has 0 aromatic heterocycles. The molecule has 0 spiro atoms. The third-order valence-electron chi connectivity index (χ3n) is 3.04. The van der Waals surface area contributed by atoms with Crippen molar-refractivity contribution in [1.82, 2.24) is 0 Å². The Balaban J connectivity index is 2.30. The summed E-state index contributed by atoms with van der Waals surface area (Å²) in [5.41, 5.74) is 0. The highest BCUT2D eigenvalue weighted by Gasteiger charge is 2.25. The monoisotopic (exact) mass is 170 g/mol. The van der Waals surface area contributed by atoms with Gasteiger partial charge in [0.05, 0.1) is 6.10 Å². The molecule has 0 radical (unpaired) electrons. The summed E-state index contributed by atoms with van der Waals surface area (Å²) in [6.07, 6.45) is 4.83. The molecule has 0 aromatic carbocycles. The summed E-state index contributed by atoms with van der Waals surface area (Å²) in [6.45, 7) is 6.75. The van der Waals surface area contributed by atoms with Crippen molar-refractivity contribution in [3.05, 3.63) is 0 Å². The van der Waals surface area contributed by atoms with E-state index in [0.717, 1.165) is 18.3 Å². The lowest BCUT2D eigenvalue weighted by molar-refractivity contribution is 0.0526. The fourth-order valence-corrected chi connectivity index (χ4v) is 2.37. The van der Waals surface area contributed by atoms with Crippen molar-refractivity contribution in [2.24, 2.45) is 17.8 Å². The molecule has 1 N–H and O–H groups in total. The van der Waals surface area contributed by atoms with E-state index in [4.69, 9.17) is 0 Å². The fourth-order valence-electron chi connectivity index (χ4n) is 2.37. The van der Waals surface area contributed by atoms with E-state index in [1.807, 2.05) is 0 Å². The molecule has 3 atom stereocenters. The van der Waals surface area contributed by atoms with Crippen LogP contribution in [0.15, 0.2) is 0 Å². The van der Waals surface area contributed by atoms with Crippen LogP contribution < -0.4 is 0 Å². The summed E-state index contributed by atoms with van der Waals surface area (Å²) in [5.74, 6) is 2.23. The maximum atomic E-state index is 9.53. The van der Waals surface area contributed by atoms with Gasteiger partial charge in [-0.3, -0.25) is 0 Å². The van der Waals surface area contributed by atoms with E-state index in [0.29, 0.717) is 5.92 Å². The Hall–Kier alpha value is -0.0400. The molecular formula is C11H22O. The highest BCUT2D eigenvalue weighted by Crippen LogP contribution is 2.32. The predicted octanol–water partition coefficient (Wildman–Crippen LogP) is 2.83. The van der Waals surface area contributed by atoms with Crippen molar-refractivity contribution in [1.29, 1.82) is 0 Å². The largest absolute Gasteiger partial charge is 0.393 e. The number of hydrogen-bond acceptors (Lipinski definition) is 1. The zero-order valence-electron chi connectivity index (χ0n) is 8.59. The van der Waals surface area contributed by atoms with E-state index in [2.05, 4.69) is 20.8 Å². The summed E-state index contributed by atoms with van der Waals surface area (Å²) < 4.78 is 0. The van der Waals surface area contributed by atoms with E-state index in [1.165, 1.54) is 19.3 Å². The average Bonchev–Trinajstić information content (AvgIpc) is 1.96. The summed E-state index contributed by atoms with van der Waals surface area (Å²) in [5, 5.41) is 9.53. The standard InChI is InChI=1S/C11H22O/c1-8(2)6-10-4-5-11(12)9(3)7-10/h8-12H,4-7H2,1-3H3/t9-,10-,11-/m1/s1. The molecule has 1 fully saturated rings. The first-order valence-corrected chi connectivity index (χ1v) is 5.27. The van der Waals surface area contributed by atoms with Gasteiger partial charge in [-0.2, -0.15) is 0 Å². The quantitative estimate of drug-likeness (QED) is 0.675. The van der Waals surface area contributed by atoms with Gasteiger partial charge in [-0.05, 0) is 43.4 Å². The molecule has 1 rings (SSSR count). The third-order valence-corrected chi connectivity index (χ3v) is 3.04. The Kier molecular flexibility index (Phi) is 3.57. The number of aliphatic hydroxyl groups excluding tert-OH is 1. The van der Waals surface area contributed by atoms with Gasteiger partial charge in [-0.1, -0.05) is 20.8 Å².